The number of rotatable bonds is 2. The third kappa shape index (κ3) is 2.23. The van der Waals surface area contributed by atoms with Gasteiger partial charge in [-0.3, -0.25) is 0 Å². The van der Waals surface area contributed by atoms with Crippen molar-refractivity contribution in [3.05, 3.63) is 23.7 Å². The fourth-order valence-electron chi connectivity index (χ4n) is 0.643. The Kier molecular flexibility index (Phi) is 4.30. The summed E-state index contributed by atoms with van der Waals surface area (Å²) in [5.41, 5.74) is -0.336. The van der Waals surface area contributed by atoms with Crippen LogP contribution in [-0.2, 0) is 0 Å². The van der Waals surface area contributed by atoms with Gasteiger partial charge in [-0.05, 0) is 6.07 Å². The molecule has 1 rings (SSSR count). The predicted molar refractivity (Wildman–Crippen MR) is 38.4 cm³/mol. The molecule has 0 spiro atoms. The summed E-state index contributed by atoms with van der Waals surface area (Å²) in [6.45, 7) is 0. The molecule has 0 fully saturated rings. The summed E-state index contributed by atoms with van der Waals surface area (Å²) in [6, 6.07) is 1.09. The standard InChI is InChI=1S/C6H4O5.Ca/c7-5(8)3-1-2-11-4(3)6(9)10;/h1-2H,(H,7,8)(H,9,10);. The van der Waals surface area contributed by atoms with Crippen molar-refractivity contribution in [1.29, 1.82) is 0 Å². The molecule has 0 atom stereocenters. The SMILES string of the molecule is O=C(O)c1ccoc1C(=O)O.[Ca]. The normalized spacial score (nSPS) is 8.67. The van der Waals surface area contributed by atoms with E-state index in [4.69, 9.17) is 10.2 Å². The minimum atomic E-state index is -1.38. The number of furan rings is 1. The zero-order valence-electron chi connectivity index (χ0n) is 5.98. The maximum Gasteiger partial charge on any atom is 0.372 e. The molecule has 6 heteroatoms. The van der Waals surface area contributed by atoms with Crippen LogP contribution in [0.1, 0.15) is 20.9 Å². The molecule has 2 radical (unpaired) electrons. The Balaban J connectivity index is 0.00000121. The van der Waals surface area contributed by atoms with Crippen LogP contribution in [0.15, 0.2) is 16.7 Å². The van der Waals surface area contributed by atoms with Crippen LogP contribution in [0.25, 0.3) is 0 Å². The Hall–Kier alpha value is -0.520. The maximum atomic E-state index is 10.3. The molecular formula is C6H4CaO5. The van der Waals surface area contributed by atoms with E-state index < -0.39 is 17.7 Å². The summed E-state index contributed by atoms with van der Waals surface area (Å²) in [6.07, 6.45) is 1.02. The summed E-state index contributed by atoms with van der Waals surface area (Å²) < 4.78 is 4.41. The molecule has 0 unspecified atom stereocenters. The molecule has 0 aliphatic rings. The van der Waals surface area contributed by atoms with Gasteiger partial charge < -0.3 is 14.6 Å². The molecule has 0 aliphatic carbocycles. The first-order valence-electron chi connectivity index (χ1n) is 2.67. The number of carbonyl (C=O) groups is 2. The smallest absolute Gasteiger partial charge is 0.372 e. The zero-order chi connectivity index (χ0) is 8.43. The van der Waals surface area contributed by atoms with Gasteiger partial charge in [0.2, 0.25) is 5.76 Å². The Labute approximate surface area is 97.0 Å². The van der Waals surface area contributed by atoms with Crippen LogP contribution in [-0.4, -0.2) is 59.9 Å². The van der Waals surface area contributed by atoms with E-state index >= 15 is 0 Å². The summed E-state index contributed by atoms with van der Waals surface area (Å²) in [4.78, 5) is 20.5. The zero-order valence-corrected chi connectivity index (χ0v) is 8.19. The van der Waals surface area contributed by atoms with Crippen molar-refractivity contribution in [3.63, 3.8) is 0 Å². The van der Waals surface area contributed by atoms with Crippen molar-refractivity contribution in [2.45, 2.75) is 0 Å². The second-order valence-corrected chi connectivity index (χ2v) is 1.77. The molecule has 60 valence electrons. The molecule has 0 amide bonds. The Morgan fingerprint density at radius 3 is 2.17 bits per heavy atom. The van der Waals surface area contributed by atoms with E-state index in [-0.39, 0.29) is 43.3 Å². The molecule has 0 aliphatic heterocycles. The number of aromatic carboxylic acids is 2. The van der Waals surface area contributed by atoms with E-state index in [0.717, 1.165) is 12.3 Å². The first-order chi connectivity index (χ1) is 5.13. The van der Waals surface area contributed by atoms with E-state index in [9.17, 15) is 9.59 Å². The summed E-state index contributed by atoms with van der Waals surface area (Å²) in [5, 5.41) is 16.7. The molecule has 1 heterocycles. The van der Waals surface area contributed by atoms with Crippen LogP contribution in [0.5, 0.6) is 0 Å². The third-order valence-corrected chi connectivity index (χ3v) is 1.09. The monoisotopic (exact) mass is 196 g/mol. The average Bonchev–Trinajstić information content (AvgIpc) is 2.32. The molecule has 12 heavy (non-hydrogen) atoms. The Morgan fingerprint density at radius 1 is 1.25 bits per heavy atom. The number of carboxylic acids is 2. The quantitative estimate of drug-likeness (QED) is 0.664. The molecule has 0 bridgehead atoms. The van der Waals surface area contributed by atoms with Crippen LogP contribution >= 0.6 is 0 Å². The van der Waals surface area contributed by atoms with E-state index in [1.165, 1.54) is 0 Å². The van der Waals surface area contributed by atoms with Crippen LogP contribution in [0.3, 0.4) is 0 Å². The summed E-state index contributed by atoms with van der Waals surface area (Å²) >= 11 is 0. The fourth-order valence-corrected chi connectivity index (χ4v) is 0.643. The van der Waals surface area contributed by atoms with Gasteiger partial charge in [-0.1, -0.05) is 0 Å². The van der Waals surface area contributed by atoms with Gasteiger partial charge in [0.15, 0.2) is 0 Å². The Bertz CT molecular complexity index is 274. The second-order valence-electron chi connectivity index (χ2n) is 1.77. The van der Waals surface area contributed by atoms with Gasteiger partial charge >= 0.3 is 11.9 Å². The largest absolute Gasteiger partial charge is 0.478 e. The van der Waals surface area contributed by atoms with Crippen molar-refractivity contribution < 1.29 is 24.2 Å². The van der Waals surface area contributed by atoms with Crippen LogP contribution in [0.4, 0.5) is 0 Å². The minimum absolute atomic E-state index is 0. The number of hydrogen-bond acceptors (Lipinski definition) is 3. The van der Waals surface area contributed by atoms with E-state index in [0.29, 0.717) is 0 Å². The van der Waals surface area contributed by atoms with Gasteiger partial charge in [0.25, 0.3) is 0 Å². The van der Waals surface area contributed by atoms with Gasteiger partial charge in [-0.2, -0.15) is 0 Å². The first kappa shape index (κ1) is 11.5. The van der Waals surface area contributed by atoms with E-state index in [2.05, 4.69) is 4.42 Å². The first-order valence-corrected chi connectivity index (χ1v) is 2.67. The van der Waals surface area contributed by atoms with Crippen molar-refractivity contribution >= 4 is 49.7 Å². The van der Waals surface area contributed by atoms with Gasteiger partial charge in [0, 0.05) is 37.7 Å². The van der Waals surface area contributed by atoms with Crippen molar-refractivity contribution in [1.82, 2.24) is 0 Å². The summed E-state index contributed by atoms with van der Waals surface area (Å²) in [5.74, 6) is -3.24. The minimum Gasteiger partial charge on any atom is -0.478 e. The fraction of sp³-hybridized carbons (Fsp3) is 0. The number of hydrogen-bond donors (Lipinski definition) is 2. The molecule has 0 saturated heterocycles. The number of carboxylic acid groups (broad SMARTS) is 2. The van der Waals surface area contributed by atoms with Crippen molar-refractivity contribution in [2.75, 3.05) is 0 Å². The van der Waals surface area contributed by atoms with Crippen LogP contribution in [0, 0.1) is 0 Å². The summed E-state index contributed by atoms with van der Waals surface area (Å²) in [7, 11) is 0. The molecule has 1 aromatic heterocycles. The van der Waals surface area contributed by atoms with Gasteiger partial charge in [-0.25, -0.2) is 9.59 Å². The third-order valence-electron chi connectivity index (χ3n) is 1.09. The van der Waals surface area contributed by atoms with Gasteiger partial charge in [0.1, 0.15) is 5.56 Å². The predicted octanol–water partition coefficient (Wildman–Crippen LogP) is 0.295. The maximum absolute atomic E-state index is 10.3. The van der Waals surface area contributed by atoms with Crippen molar-refractivity contribution in [3.8, 4) is 0 Å². The van der Waals surface area contributed by atoms with Crippen LogP contribution in [0.2, 0.25) is 0 Å². The van der Waals surface area contributed by atoms with Crippen LogP contribution < -0.4 is 0 Å². The molecule has 5 nitrogen and oxygen atoms in total. The topological polar surface area (TPSA) is 87.7 Å². The molecule has 0 saturated carbocycles. The molecule has 2 N–H and O–H groups in total. The van der Waals surface area contributed by atoms with Gasteiger partial charge in [-0.15, -0.1) is 0 Å². The van der Waals surface area contributed by atoms with E-state index in [1.54, 1.807) is 0 Å². The molecular weight excluding hydrogens is 192 g/mol. The second kappa shape index (κ2) is 4.49. The Morgan fingerprint density at radius 2 is 1.83 bits per heavy atom. The average molecular weight is 196 g/mol. The van der Waals surface area contributed by atoms with Gasteiger partial charge in [0.05, 0.1) is 6.26 Å². The van der Waals surface area contributed by atoms with E-state index in [1.807, 2.05) is 0 Å². The van der Waals surface area contributed by atoms with Crippen molar-refractivity contribution in [2.24, 2.45) is 0 Å². The molecule has 0 aromatic carbocycles. The molecule has 1 aromatic rings.